The van der Waals surface area contributed by atoms with E-state index in [4.69, 9.17) is 4.74 Å². The molecule has 0 unspecified atom stereocenters. The first-order chi connectivity index (χ1) is 11.6. The minimum Gasteiger partial charge on any atom is -0.385 e. The fraction of sp³-hybridized carbons (Fsp3) is 0.400. The first-order valence-electron chi connectivity index (χ1n) is 8.52. The van der Waals surface area contributed by atoms with Crippen molar-refractivity contribution in [2.75, 3.05) is 32.8 Å². The summed E-state index contributed by atoms with van der Waals surface area (Å²) < 4.78 is 18.7. The third kappa shape index (κ3) is 3.83. The van der Waals surface area contributed by atoms with Gasteiger partial charge in [0.2, 0.25) is 0 Å². The Labute approximate surface area is 142 Å². The summed E-state index contributed by atoms with van der Waals surface area (Å²) in [6, 6.07) is 16.3. The van der Waals surface area contributed by atoms with Gasteiger partial charge in [-0.1, -0.05) is 42.5 Å². The van der Waals surface area contributed by atoms with Crippen molar-refractivity contribution in [3.63, 3.8) is 0 Å². The first kappa shape index (κ1) is 17.1. The molecule has 24 heavy (non-hydrogen) atoms. The van der Waals surface area contributed by atoms with Gasteiger partial charge in [-0.3, -0.25) is 0 Å². The predicted molar refractivity (Wildman–Crippen MR) is 91.5 cm³/mol. The van der Waals surface area contributed by atoms with Gasteiger partial charge in [0.05, 0.1) is 31.3 Å². The second-order valence-electron chi connectivity index (χ2n) is 6.68. The molecule has 4 heteroatoms. The van der Waals surface area contributed by atoms with Crippen LogP contribution in [-0.2, 0) is 10.3 Å². The van der Waals surface area contributed by atoms with E-state index in [1.54, 1.807) is 12.1 Å². The summed E-state index contributed by atoms with van der Waals surface area (Å²) in [7, 11) is 0. The van der Waals surface area contributed by atoms with Crippen LogP contribution in [-0.4, -0.2) is 38.0 Å². The molecule has 3 rings (SSSR count). The number of benzene rings is 2. The van der Waals surface area contributed by atoms with Crippen molar-refractivity contribution in [1.29, 1.82) is 0 Å². The SMILES string of the molecule is C[C@@](O)(c1ccc(F)cc1)[C@H](C[NH+]1CCOCC1)c1ccccc1. The molecule has 0 radical (unpaired) electrons. The number of halogens is 1. The molecule has 2 N–H and O–H groups in total. The molecule has 1 aliphatic rings. The smallest absolute Gasteiger partial charge is 0.123 e. The molecule has 1 heterocycles. The van der Waals surface area contributed by atoms with E-state index in [1.165, 1.54) is 17.0 Å². The fourth-order valence-electron chi connectivity index (χ4n) is 3.47. The third-order valence-corrected chi connectivity index (χ3v) is 5.00. The predicted octanol–water partition coefficient (Wildman–Crippen LogP) is 1.73. The first-order valence-corrected chi connectivity index (χ1v) is 8.52. The summed E-state index contributed by atoms with van der Waals surface area (Å²) in [5, 5.41) is 11.4. The topological polar surface area (TPSA) is 33.9 Å². The molecule has 0 spiro atoms. The van der Waals surface area contributed by atoms with Crippen LogP contribution >= 0.6 is 0 Å². The van der Waals surface area contributed by atoms with Gasteiger partial charge in [-0.05, 0) is 30.2 Å². The molecule has 0 amide bonds. The largest absolute Gasteiger partial charge is 0.385 e. The highest BCUT2D eigenvalue weighted by atomic mass is 19.1. The average Bonchev–Trinajstić information content (AvgIpc) is 2.61. The number of quaternary nitrogens is 1. The highest BCUT2D eigenvalue weighted by Crippen LogP contribution is 2.36. The number of ether oxygens (including phenoxy) is 1. The van der Waals surface area contributed by atoms with Crippen LogP contribution in [0.3, 0.4) is 0 Å². The van der Waals surface area contributed by atoms with Gasteiger partial charge in [0.1, 0.15) is 18.9 Å². The highest BCUT2D eigenvalue weighted by Gasteiger charge is 2.38. The molecule has 0 bridgehead atoms. The maximum atomic E-state index is 13.3. The molecule has 1 fully saturated rings. The Hall–Kier alpha value is -1.75. The fourth-order valence-corrected chi connectivity index (χ4v) is 3.47. The number of rotatable bonds is 5. The zero-order valence-electron chi connectivity index (χ0n) is 14.0. The van der Waals surface area contributed by atoms with Gasteiger partial charge in [-0.2, -0.15) is 0 Å². The van der Waals surface area contributed by atoms with Crippen molar-refractivity contribution in [1.82, 2.24) is 0 Å². The van der Waals surface area contributed by atoms with Crippen LogP contribution in [0.2, 0.25) is 0 Å². The second kappa shape index (κ2) is 7.43. The van der Waals surface area contributed by atoms with E-state index < -0.39 is 5.60 Å². The Bertz CT molecular complexity index is 636. The van der Waals surface area contributed by atoms with Crippen molar-refractivity contribution in [3.8, 4) is 0 Å². The number of aliphatic hydroxyl groups is 1. The normalized spacial score (nSPS) is 19.6. The molecular formula is C20H25FNO2+. The molecule has 2 atom stereocenters. The molecule has 1 aliphatic heterocycles. The summed E-state index contributed by atoms with van der Waals surface area (Å²) in [6.07, 6.45) is 0. The summed E-state index contributed by atoms with van der Waals surface area (Å²) >= 11 is 0. The van der Waals surface area contributed by atoms with E-state index in [-0.39, 0.29) is 11.7 Å². The van der Waals surface area contributed by atoms with Gasteiger partial charge in [0.15, 0.2) is 0 Å². The van der Waals surface area contributed by atoms with Crippen molar-refractivity contribution < 1.29 is 19.1 Å². The number of hydrogen-bond donors (Lipinski definition) is 2. The van der Waals surface area contributed by atoms with Gasteiger partial charge in [0.25, 0.3) is 0 Å². The summed E-state index contributed by atoms with van der Waals surface area (Å²) in [5.41, 5.74) is 0.775. The molecule has 128 valence electrons. The van der Waals surface area contributed by atoms with E-state index in [2.05, 4.69) is 12.1 Å². The zero-order chi connectivity index (χ0) is 17.0. The summed E-state index contributed by atoms with van der Waals surface area (Å²) in [6.45, 7) is 6.06. The monoisotopic (exact) mass is 330 g/mol. The van der Waals surface area contributed by atoms with Gasteiger partial charge in [-0.15, -0.1) is 0 Å². The van der Waals surface area contributed by atoms with Crippen molar-refractivity contribution in [2.45, 2.75) is 18.4 Å². The van der Waals surface area contributed by atoms with Crippen LogP contribution in [0.5, 0.6) is 0 Å². The maximum Gasteiger partial charge on any atom is 0.123 e. The standard InChI is InChI=1S/C20H24FNO2/c1-20(23,17-7-9-18(21)10-8-17)19(16-5-3-2-4-6-16)15-22-11-13-24-14-12-22/h2-10,19,23H,11-15H2,1H3/p+1/t19-,20-/m1/s1. The van der Waals surface area contributed by atoms with E-state index >= 15 is 0 Å². The Balaban J connectivity index is 1.91. The quantitative estimate of drug-likeness (QED) is 0.876. The van der Waals surface area contributed by atoms with Crippen LogP contribution in [0.4, 0.5) is 4.39 Å². The number of nitrogens with one attached hydrogen (secondary N) is 1. The number of hydrogen-bond acceptors (Lipinski definition) is 2. The van der Waals surface area contributed by atoms with E-state index in [1.807, 2.05) is 25.1 Å². The Morgan fingerprint density at radius 3 is 2.33 bits per heavy atom. The van der Waals surface area contributed by atoms with Gasteiger partial charge in [0, 0.05) is 0 Å². The molecule has 0 aliphatic carbocycles. The molecule has 2 aromatic carbocycles. The molecule has 1 saturated heterocycles. The van der Waals surface area contributed by atoms with E-state index in [9.17, 15) is 9.50 Å². The molecular weight excluding hydrogens is 305 g/mol. The summed E-state index contributed by atoms with van der Waals surface area (Å²) in [5.74, 6) is -0.359. The van der Waals surface area contributed by atoms with Gasteiger partial charge in [-0.25, -0.2) is 4.39 Å². The Morgan fingerprint density at radius 2 is 1.71 bits per heavy atom. The van der Waals surface area contributed by atoms with E-state index in [0.717, 1.165) is 44.0 Å². The lowest BCUT2D eigenvalue weighted by Gasteiger charge is -2.36. The van der Waals surface area contributed by atoms with Crippen LogP contribution in [0.1, 0.15) is 24.0 Å². The van der Waals surface area contributed by atoms with Crippen molar-refractivity contribution >= 4 is 0 Å². The molecule has 2 aromatic rings. The molecule has 0 aromatic heterocycles. The minimum atomic E-state index is -1.07. The van der Waals surface area contributed by atoms with Gasteiger partial charge < -0.3 is 14.7 Å². The molecule has 3 nitrogen and oxygen atoms in total. The Kier molecular flexibility index (Phi) is 5.29. The lowest BCUT2D eigenvalue weighted by atomic mass is 9.78. The second-order valence-corrected chi connectivity index (χ2v) is 6.68. The Morgan fingerprint density at radius 1 is 1.08 bits per heavy atom. The van der Waals surface area contributed by atoms with Crippen molar-refractivity contribution in [3.05, 3.63) is 71.5 Å². The minimum absolute atomic E-state index is 0.0720. The van der Waals surface area contributed by atoms with E-state index in [0.29, 0.717) is 0 Å². The zero-order valence-corrected chi connectivity index (χ0v) is 14.0. The van der Waals surface area contributed by atoms with Crippen molar-refractivity contribution in [2.24, 2.45) is 0 Å². The highest BCUT2D eigenvalue weighted by molar-refractivity contribution is 5.30. The maximum absolute atomic E-state index is 13.3. The average molecular weight is 330 g/mol. The van der Waals surface area contributed by atoms with Crippen LogP contribution in [0.15, 0.2) is 54.6 Å². The lowest BCUT2D eigenvalue weighted by molar-refractivity contribution is -0.910. The summed E-state index contributed by atoms with van der Waals surface area (Å²) in [4.78, 5) is 1.43. The number of morpholine rings is 1. The lowest BCUT2D eigenvalue weighted by Crippen LogP contribution is -3.14. The van der Waals surface area contributed by atoms with Crippen LogP contribution in [0.25, 0.3) is 0 Å². The van der Waals surface area contributed by atoms with Gasteiger partial charge >= 0.3 is 0 Å². The molecule has 0 saturated carbocycles. The van der Waals surface area contributed by atoms with Crippen LogP contribution in [0, 0.1) is 5.82 Å². The van der Waals surface area contributed by atoms with Crippen LogP contribution < -0.4 is 4.90 Å². The third-order valence-electron chi connectivity index (χ3n) is 5.00.